The van der Waals surface area contributed by atoms with Crippen molar-refractivity contribution in [1.82, 2.24) is 14.8 Å². The lowest BCUT2D eigenvalue weighted by Crippen LogP contribution is -2.46. The number of piperazine rings is 1. The zero-order chi connectivity index (χ0) is 17.8. The molecule has 1 saturated heterocycles. The lowest BCUT2D eigenvalue weighted by atomic mass is 10.1. The van der Waals surface area contributed by atoms with E-state index in [9.17, 15) is 4.79 Å². The minimum absolute atomic E-state index is 0.0479. The van der Waals surface area contributed by atoms with E-state index in [0.29, 0.717) is 18.0 Å². The Balaban J connectivity index is 1.81. The quantitative estimate of drug-likeness (QED) is 0.811. The van der Waals surface area contributed by atoms with Crippen molar-refractivity contribution in [1.29, 1.82) is 0 Å². The first-order valence-electron chi connectivity index (χ1n) is 8.48. The number of hydrogen-bond donors (Lipinski definition) is 1. The number of rotatable bonds is 6. The Morgan fingerprint density at radius 1 is 1.08 bits per heavy atom. The van der Waals surface area contributed by atoms with Gasteiger partial charge in [0, 0.05) is 56.3 Å². The van der Waals surface area contributed by atoms with Crippen LogP contribution in [0.5, 0.6) is 11.5 Å². The summed E-state index contributed by atoms with van der Waals surface area (Å²) in [5.74, 6) is 1.27. The van der Waals surface area contributed by atoms with E-state index in [-0.39, 0.29) is 5.56 Å². The highest BCUT2D eigenvalue weighted by molar-refractivity contribution is 5.83. The van der Waals surface area contributed by atoms with Gasteiger partial charge in [-0.2, -0.15) is 0 Å². The Labute approximate surface area is 147 Å². The number of nitrogens with zero attached hydrogens (tertiary/aromatic N) is 2. The van der Waals surface area contributed by atoms with Crippen molar-refractivity contribution in [2.45, 2.75) is 6.54 Å². The van der Waals surface area contributed by atoms with Crippen molar-refractivity contribution in [3.63, 3.8) is 0 Å². The molecule has 0 atom stereocenters. The van der Waals surface area contributed by atoms with E-state index >= 15 is 0 Å². The molecule has 1 aromatic carbocycles. The first-order chi connectivity index (χ1) is 12.1. The Morgan fingerprint density at radius 3 is 2.36 bits per heavy atom. The predicted octanol–water partition coefficient (Wildman–Crippen LogP) is 1.85. The van der Waals surface area contributed by atoms with Crippen molar-refractivity contribution in [2.24, 2.45) is 0 Å². The molecule has 0 spiro atoms. The highest BCUT2D eigenvalue weighted by Crippen LogP contribution is 2.31. The van der Waals surface area contributed by atoms with Crippen LogP contribution in [0.3, 0.4) is 0 Å². The van der Waals surface area contributed by atoms with E-state index in [4.69, 9.17) is 9.47 Å². The van der Waals surface area contributed by atoms with Crippen molar-refractivity contribution in [2.75, 3.05) is 46.9 Å². The Morgan fingerprint density at radius 2 is 1.72 bits per heavy atom. The largest absolute Gasteiger partial charge is 0.493 e. The van der Waals surface area contributed by atoms with Gasteiger partial charge in [0.05, 0.1) is 19.7 Å². The highest BCUT2D eigenvalue weighted by atomic mass is 16.5. The number of pyridine rings is 1. The smallest absolute Gasteiger partial charge is 0.252 e. The van der Waals surface area contributed by atoms with Gasteiger partial charge in [0.1, 0.15) is 0 Å². The summed E-state index contributed by atoms with van der Waals surface area (Å²) in [6.45, 7) is 9.28. The van der Waals surface area contributed by atoms with Crippen molar-refractivity contribution in [3.05, 3.63) is 46.8 Å². The number of benzene rings is 1. The van der Waals surface area contributed by atoms with Gasteiger partial charge in [-0.1, -0.05) is 6.08 Å². The fraction of sp³-hybridized carbons (Fsp3) is 0.421. The maximum atomic E-state index is 12.4. The number of nitrogens with one attached hydrogen (secondary N) is 1. The van der Waals surface area contributed by atoms with E-state index in [1.54, 1.807) is 20.3 Å². The molecule has 1 fully saturated rings. The third-order valence-corrected chi connectivity index (χ3v) is 4.67. The number of methoxy groups -OCH3 is 2. The third-order valence-electron chi connectivity index (χ3n) is 4.67. The molecule has 25 heavy (non-hydrogen) atoms. The minimum Gasteiger partial charge on any atom is -0.493 e. The number of aromatic amines is 1. The molecule has 1 N–H and O–H groups in total. The second kappa shape index (κ2) is 7.72. The van der Waals surface area contributed by atoms with Crippen molar-refractivity contribution < 1.29 is 9.47 Å². The minimum atomic E-state index is -0.0479. The molecule has 3 rings (SSSR count). The number of fused-ring (bicyclic) bond motifs is 1. The number of aromatic nitrogens is 1. The second-order valence-corrected chi connectivity index (χ2v) is 6.28. The molecule has 0 aliphatic carbocycles. The van der Waals surface area contributed by atoms with Crippen LogP contribution >= 0.6 is 0 Å². The van der Waals surface area contributed by atoms with Gasteiger partial charge in [0.25, 0.3) is 5.56 Å². The summed E-state index contributed by atoms with van der Waals surface area (Å²) < 4.78 is 10.7. The van der Waals surface area contributed by atoms with Crippen LogP contribution < -0.4 is 15.0 Å². The Hall–Kier alpha value is -2.31. The predicted molar refractivity (Wildman–Crippen MR) is 99.6 cm³/mol. The molecule has 6 nitrogen and oxygen atoms in total. The summed E-state index contributed by atoms with van der Waals surface area (Å²) in [5.41, 5.74) is 1.48. The number of H-pyrrole nitrogens is 1. The van der Waals surface area contributed by atoms with Crippen LogP contribution in [-0.4, -0.2) is 61.7 Å². The molecule has 1 aliphatic heterocycles. The molecule has 2 aromatic rings. The standard InChI is InChI=1S/C19H25N3O3/c1-4-5-21-6-8-22(9-7-21)13-15-10-14-11-17(24-2)18(25-3)12-16(14)20-19(15)23/h4,10-12H,1,5-9,13H2,2-3H3,(H,20,23). The molecule has 0 bridgehead atoms. The fourth-order valence-corrected chi connectivity index (χ4v) is 3.25. The lowest BCUT2D eigenvalue weighted by Gasteiger charge is -2.33. The molecule has 2 heterocycles. The van der Waals surface area contributed by atoms with Gasteiger partial charge in [-0.25, -0.2) is 0 Å². The van der Waals surface area contributed by atoms with E-state index in [2.05, 4.69) is 21.4 Å². The molecular formula is C19H25N3O3. The molecule has 0 saturated carbocycles. The third kappa shape index (κ3) is 3.86. The summed E-state index contributed by atoms with van der Waals surface area (Å²) in [4.78, 5) is 20.1. The molecule has 0 radical (unpaired) electrons. The van der Waals surface area contributed by atoms with Crippen LogP contribution in [0, 0.1) is 0 Å². The normalized spacial score (nSPS) is 16.1. The average Bonchev–Trinajstić information content (AvgIpc) is 2.63. The molecule has 6 heteroatoms. The summed E-state index contributed by atoms with van der Waals surface area (Å²) in [6, 6.07) is 5.65. The highest BCUT2D eigenvalue weighted by Gasteiger charge is 2.17. The zero-order valence-electron chi connectivity index (χ0n) is 14.9. The van der Waals surface area contributed by atoms with Crippen LogP contribution in [-0.2, 0) is 6.54 Å². The van der Waals surface area contributed by atoms with Crippen LogP contribution in [0.4, 0.5) is 0 Å². The van der Waals surface area contributed by atoms with E-state index in [1.807, 2.05) is 18.2 Å². The maximum Gasteiger partial charge on any atom is 0.252 e. The van der Waals surface area contributed by atoms with Gasteiger partial charge in [-0.15, -0.1) is 6.58 Å². The summed E-state index contributed by atoms with van der Waals surface area (Å²) in [5, 5.41) is 0.942. The maximum absolute atomic E-state index is 12.4. The van der Waals surface area contributed by atoms with Crippen LogP contribution in [0.1, 0.15) is 5.56 Å². The monoisotopic (exact) mass is 343 g/mol. The van der Waals surface area contributed by atoms with E-state index in [1.165, 1.54) is 0 Å². The SMILES string of the molecule is C=CCN1CCN(Cc2cc3cc(OC)c(OC)cc3[nH]c2=O)CC1. The average molecular weight is 343 g/mol. The molecule has 134 valence electrons. The molecule has 0 amide bonds. The first kappa shape index (κ1) is 17.5. The van der Waals surface area contributed by atoms with Crippen molar-refractivity contribution in [3.8, 4) is 11.5 Å². The Bertz CT molecular complexity index is 807. The van der Waals surface area contributed by atoms with Gasteiger partial charge in [-0.05, 0) is 12.1 Å². The Kier molecular flexibility index (Phi) is 5.40. The first-order valence-corrected chi connectivity index (χ1v) is 8.48. The van der Waals surface area contributed by atoms with E-state index < -0.39 is 0 Å². The molecule has 1 aliphatic rings. The van der Waals surface area contributed by atoms with E-state index in [0.717, 1.165) is 49.2 Å². The fourth-order valence-electron chi connectivity index (χ4n) is 3.25. The van der Waals surface area contributed by atoms with Crippen LogP contribution in [0.25, 0.3) is 10.9 Å². The van der Waals surface area contributed by atoms with Crippen LogP contribution in [0.15, 0.2) is 35.6 Å². The molecule has 0 unspecified atom stereocenters. The van der Waals surface area contributed by atoms with Gasteiger partial charge in [-0.3, -0.25) is 14.6 Å². The summed E-state index contributed by atoms with van der Waals surface area (Å²) in [7, 11) is 3.20. The molecule has 1 aromatic heterocycles. The van der Waals surface area contributed by atoms with Gasteiger partial charge >= 0.3 is 0 Å². The zero-order valence-corrected chi connectivity index (χ0v) is 14.9. The second-order valence-electron chi connectivity index (χ2n) is 6.28. The van der Waals surface area contributed by atoms with Gasteiger partial charge in [0.15, 0.2) is 11.5 Å². The lowest BCUT2D eigenvalue weighted by molar-refractivity contribution is 0.136. The van der Waals surface area contributed by atoms with Crippen LogP contribution in [0.2, 0.25) is 0 Å². The number of ether oxygens (including phenoxy) is 2. The van der Waals surface area contributed by atoms with Crippen molar-refractivity contribution >= 4 is 10.9 Å². The molecular weight excluding hydrogens is 318 g/mol. The topological polar surface area (TPSA) is 57.8 Å². The van der Waals surface area contributed by atoms with Gasteiger partial charge < -0.3 is 14.5 Å². The summed E-state index contributed by atoms with van der Waals surface area (Å²) in [6.07, 6.45) is 1.94. The van der Waals surface area contributed by atoms with Gasteiger partial charge in [0.2, 0.25) is 0 Å². The number of hydrogen-bond acceptors (Lipinski definition) is 5. The summed E-state index contributed by atoms with van der Waals surface area (Å²) >= 11 is 0.